The van der Waals surface area contributed by atoms with Crippen molar-refractivity contribution in [3.8, 4) is 0 Å². The van der Waals surface area contributed by atoms with E-state index in [1.165, 1.54) is 0 Å². The molecule has 0 bridgehead atoms. The summed E-state index contributed by atoms with van der Waals surface area (Å²) in [7, 11) is 1.72. The van der Waals surface area contributed by atoms with Crippen LogP contribution in [0.15, 0.2) is 0 Å². The summed E-state index contributed by atoms with van der Waals surface area (Å²) < 4.78 is 5.49. The number of carboxylic acid groups (broad SMARTS) is 1. The molecule has 2 N–H and O–H groups in total. The van der Waals surface area contributed by atoms with E-state index in [0.29, 0.717) is 13.0 Å². The van der Waals surface area contributed by atoms with E-state index in [1.54, 1.807) is 11.9 Å². The standard InChI is InChI=1S/C13H22N2O4/c1-15(8-9-4-3-7-19-9)13(18)14-11-6-2-5-10(11)12(16)17/h9-11H,2-8H2,1H3,(H,14,18)(H,16,17). The lowest BCUT2D eigenvalue weighted by molar-refractivity contribution is -0.142. The molecule has 3 unspecified atom stereocenters. The monoisotopic (exact) mass is 270 g/mol. The lowest BCUT2D eigenvalue weighted by Crippen LogP contribution is -2.47. The number of hydrogen-bond acceptors (Lipinski definition) is 3. The van der Waals surface area contributed by atoms with E-state index >= 15 is 0 Å². The Hall–Kier alpha value is -1.30. The van der Waals surface area contributed by atoms with Gasteiger partial charge >= 0.3 is 12.0 Å². The molecule has 2 amide bonds. The summed E-state index contributed by atoms with van der Waals surface area (Å²) in [4.78, 5) is 24.7. The average Bonchev–Trinajstić information content (AvgIpc) is 2.99. The minimum absolute atomic E-state index is 0.120. The first-order valence-corrected chi connectivity index (χ1v) is 6.94. The molecule has 0 radical (unpaired) electrons. The topological polar surface area (TPSA) is 78.9 Å². The van der Waals surface area contributed by atoms with Crippen LogP contribution in [0, 0.1) is 5.92 Å². The van der Waals surface area contributed by atoms with Crippen LogP contribution in [0.3, 0.4) is 0 Å². The molecular formula is C13H22N2O4. The first kappa shape index (κ1) is 14.1. The fourth-order valence-electron chi connectivity index (χ4n) is 2.87. The van der Waals surface area contributed by atoms with Gasteiger partial charge in [0.25, 0.3) is 0 Å². The highest BCUT2D eigenvalue weighted by atomic mass is 16.5. The third-order valence-corrected chi connectivity index (χ3v) is 3.99. The zero-order valence-electron chi connectivity index (χ0n) is 11.3. The van der Waals surface area contributed by atoms with Gasteiger partial charge in [0.2, 0.25) is 0 Å². The highest BCUT2D eigenvalue weighted by Gasteiger charge is 2.34. The van der Waals surface area contributed by atoms with Crippen LogP contribution in [0.4, 0.5) is 4.79 Å². The Bertz CT molecular complexity index is 342. The van der Waals surface area contributed by atoms with E-state index in [2.05, 4.69) is 5.32 Å². The van der Waals surface area contributed by atoms with E-state index in [4.69, 9.17) is 9.84 Å². The summed E-state index contributed by atoms with van der Waals surface area (Å²) in [6.07, 6.45) is 4.40. The summed E-state index contributed by atoms with van der Waals surface area (Å²) >= 11 is 0. The Morgan fingerprint density at radius 1 is 1.32 bits per heavy atom. The Morgan fingerprint density at radius 2 is 2.11 bits per heavy atom. The summed E-state index contributed by atoms with van der Waals surface area (Å²) in [5.41, 5.74) is 0. The minimum atomic E-state index is -0.815. The van der Waals surface area contributed by atoms with Gasteiger partial charge < -0.3 is 20.1 Å². The van der Waals surface area contributed by atoms with Crippen molar-refractivity contribution >= 4 is 12.0 Å². The maximum atomic E-state index is 12.0. The van der Waals surface area contributed by atoms with E-state index in [-0.39, 0.29) is 18.2 Å². The van der Waals surface area contributed by atoms with Crippen LogP contribution in [0.1, 0.15) is 32.1 Å². The van der Waals surface area contributed by atoms with Crippen LogP contribution in [-0.2, 0) is 9.53 Å². The van der Waals surface area contributed by atoms with E-state index < -0.39 is 11.9 Å². The Labute approximate surface area is 113 Å². The molecule has 108 valence electrons. The van der Waals surface area contributed by atoms with Crippen molar-refractivity contribution in [1.82, 2.24) is 10.2 Å². The Balaban J connectivity index is 1.80. The van der Waals surface area contributed by atoms with Crippen molar-refractivity contribution in [3.05, 3.63) is 0 Å². The van der Waals surface area contributed by atoms with Gasteiger partial charge in [-0.1, -0.05) is 6.42 Å². The number of ether oxygens (including phenoxy) is 1. The van der Waals surface area contributed by atoms with Crippen molar-refractivity contribution in [2.75, 3.05) is 20.2 Å². The summed E-state index contributed by atoms with van der Waals surface area (Å²) in [6, 6.07) is -0.439. The molecule has 2 rings (SSSR count). The van der Waals surface area contributed by atoms with E-state index in [9.17, 15) is 9.59 Å². The van der Waals surface area contributed by atoms with Crippen molar-refractivity contribution in [3.63, 3.8) is 0 Å². The number of rotatable bonds is 4. The van der Waals surface area contributed by atoms with E-state index in [1.807, 2.05) is 0 Å². The largest absolute Gasteiger partial charge is 0.481 e. The molecule has 3 atom stereocenters. The van der Waals surface area contributed by atoms with Crippen LogP contribution in [0.2, 0.25) is 0 Å². The number of urea groups is 1. The van der Waals surface area contributed by atoms with Crippen molar-refractivity contribution in [1.29, 1.82) is 0 Å². The molecule has 2 aliphatic rings. The van der Waals surface area contributed by atoms with Gasteiger partial charge in [-0.3, -0.25) is 4.79 Å². The highest BCUT2D eigenvalue weighted by molar-refractivity contribution is 5.77. The molecule has 2 fully saturated rings. The number of hydrogen-bond donors (Lipinski definition) is 2. The maximum Gasteiger partial charge on any atom is 0.317 e. The molecule has 0 aromatic heterocycles. The van der Waals surface area contributed by atoms with Crippen molar-refractivity contribution in [2.45, 2.75) is 44.2 Å². The molecule has 1 aliphatic carbocycles. The second-order valence-electron chi connectivity index (χ2n) is 5.45. The lowest BCUT2D eigenvalue weighted by atomic mass is 10.0. The maximum absolute atomic E-state index is 12.0. The van der Waals surface area contributed by atoms with Crippen LogP contribution < -0.4 is 5.32 Å². The van der Waals surface area contributed by atoms with Crippen molar-refractivity contribution in [2.24, 2.45) is 5.92 Å². The first-order valence-electron chi connectivity index (χ1n) is 6.94. The number of carboxylic acids is 1. The molecule has 6 heteroatoms. The van der Waals surface area contributed by atoms with Gasteiger partial charge in [0.15, 0.2) is 0 Å². The van der Waals surface area contributed by atoms with Gasteiger partial charge in [-0.15, -0.1) is 0 Å². The van der Waals surface area contributed by atoms with Crippen LogP contribution in [0.25, 0.3) is 0 Å². The second kappa shape index (κ2) is 6.23. The molecule has 1 saturated heterocycles. The smallest absolute Gasteiger partial charge is 0.317 e. The zero-order chi connectivity index (χ0) is 13.8. The van der Waals surface area contributed by atoms with Gasteiger partial charge in [-0.2, -0.15) is 0 Å². The Morgan fingerprint density at radius 3 is 2.74 bits per heavy atom. The Kier molecular flexibility index (Phi) is 4.63. The van der Waals surface area contributed by atoms with Gasteiger partial charge in [0.05, 0.1) is 12.0 Å². The van der Waals surface area contributed by atoms with Gasteiger partial charge in [0.1, 0.15) is 0 Å². The first-order chi connectivity index (χ1) is 9.08. The fraction of sp³-hybridized carbons (Fsp3) is 0.846. The summed E-state index contributed by atoms with van der Waals surface area (Å²) in [5, 5.41) is 11.9. The predicted octanol–water partition coefficient (Wildman–Crippen LogP) is 1.06. The molecule has 0 aromatic carbocycles. The molecule has 6 nitrogen and oxygen atoms in total. The molecule has 1 saturated carbocycles. The van der Waals surface area contributed by atoms with Crippen molar-refractivity contribution < 1.29 is 19.4 Å². The lowest BCUT2D eigenvalue weighted by Gasteiger charge is -2.25. The van der Waals surface area contributed by atoms with Crippen LogP contribution in [0.5, 0.6) is 0 Å². The SMILES string of the molecule is CN(CC1CCCO1)C(=O)NC1CCCC1C(=O)O. The number of aliphatic carboxylic acids is 1. The average molecular weight is 270 g/mol. The highest BCUT2D eigenvalue weighted by Crippen LogP contribution is 2.26. The number of carbonyl (C=O) groups excluding carboxylic acids is 1. The molecule has 0 aromatic rings. The normalized spacial score (nSPS) is 30.3. The number of carbonyl (C=O) groups is 2. The minimum Gasteiger partial charge on any atom is -0.481 e. The predicted molar refractivity (Wildman–Crippen MR) is 68.9 cm³/mol. The third-order valence-electron chi connectivity index (χ3n) is 3.99. The molecule has 0 spiro atoms. The molecule has 1 heterocycles. The number of nitrogens with zero attached hydrogens (tertiary/aromatic N) is 1. The van der Waals surface area contributed by atoms with Crippen LogP contribution >= 0.6 is 0 Å². The zero-order valence-corrected chi connectivity index (χ0v) is 11.3. The van der Waals surface area contributed by atoms with Gasteiger partial charge in [-0.05, 0) is 25.7 Å². The molecule has 1 aliphatic heterocycles. The molecule has 19 heavy (non-hydrogen) atoms. The molecular weight excluding hydrogens is 248 g/mol. The van der Waals surface area contributed by atoms with E-state index in [0.717, 1.165) is 32.3 Å². The number of nitrogens with one attached hydrogen (secondary N) is 1. The summed E-state index contributed by atoms with van der Waals surface area (Å²) in [5.74, 6) is -1.26. The van der Waals surface area contributed by atoms with Gasteiger partial charge in [-0.25, -0.2) is 4.79 Å². The van der Waals surface area contributed by atoms with Crippen LogP contribution in [-0.4, -0.2) is 54.4 Å². The number of likely N-dealkylation sites (N-methyl/N-ethyl adjacent to an activating group) is 1. The fourth-order valence-corrected chi connectivity index (χ4v) is 2.87. The second-order valence-corrected chi connectivity index (χ2v) is 5.45. The van der Waals surface area contributed by atoms with Gasteiger partial charge in [0, 0.05) is 26.2 Å². The summed E-state index contributed by atoms with van der Waals surface area (Å²) in [6.45, 7) is 1.33. The third kappa shape index (κ3) is 3.59. The number of amides is 2. The quantitative estimate of drug-likeness (QED) is 0.800.